The highest BCUT2D eigenvalue weighted by Crippen LogP contribution is 2.37. The lowest BCUT2D eigenvalue weighted by Crippen LogP contribution is -2.20. The Kier molecular flexibility index (Phi) is 6.31. The number of benzene rings is 2. The summed E-state index contributed by atoms with van der Waals surface area (Å²) in [5.41, 5.74) is 5.08. The molecule has 0 spiro atoms. The predicted molar refractivity (Wildman–Crippen MR) is 118 cm³/mol. The SMILES string of the molecule is C#Cc1cc(C)cc(C)c1C1=C(O)CC(CCSc2ccc(C)cc2)CC1=O. The zero-order valence-electron chi connectivity index (χ0n) is 16.7. The van der Waals surface area contributed by atoms with Gasteiger partial charge in [-0.1, -0.05) is 29.7 Å². The van der Waals surface area contributed by atoms with E-state index in [1.54, 1.807) is 11.8 Å². The average molecular weight is 391 g/mol. The molecule has 1 aliphatic rings. The lowest BCUT2D eigenvalue weighted by molar-refractivity contribution is -0.115. The summed E-state index contributed by atoms with van der Waals surface area (Å²) in [4.78, 5) is 14.1. The fraction of sp³-hybridized carbons (Fsp3) is 0.320. The predicted octanol–water partition coefficient (Wildman–Crippen LogP) is 6.02. The van der Waals surface area contributed by atoms with Gasteiger partial charge < -0.3 is 5.11 Å². The summed E-state index contributed by atoms with van der Waals surface area (Å²) in [6.07, 6.45) is 7.57. The van der Waals surface area contributed by atoms with Gasteiger partial charge in [-0.15, -0.1) is 18.2 Å². The molecule has 2 aromatic rings. The van der Waals surface area contributed by atoms with Crippen molar-refractivity contribution in [2.45, 2.75) is 44.9 Å². The number of aliphatic hydroxyl groups is 1. The Morgan fingerprint density at radius 3 is 2.46 bits per heavy atom. The highest BCUT2D eigenvalue weighted by molar-refractivity contribution is 7.99. The van der Waals surface area contributed by atoms with Crippen LogP contribution in [0.4, 0.5) is 0 Å². The van der Waals surface area contributed by atoms with E-state index in [2.05, 4.69) is 37.1 Å². The normalized spacial score (nSPS) is 16.9. The lowest BCUT2D eigenvalue weighted by atomic mass is 9.80. The van der Waals surface area contributed by atoms with Gasteiger partial charge in [0, 0.05) is 28.9 Å². The van der Waals surface area contributed by atoms with Crippen LogP contribution in [0.3, 0.4) is 0 Å². The highest BCUT2D eigenvalue weighted by atomic mass is 32.2. The third-order valence-corrected chi connectivity index (χ3v) is 6.27. The average Bonchev–Trinajstić information content (AvgIpc) is 2.64. The van der Waals surface area contributed by atoms with Crippen LogP contribution in [0.15, 0.2) is 47.1 Å². The number of hydrogen-bond donors (Lipinski definition) is 1. The maximum absolute atomic E-state index is 12.9. The Bertz CT molecular complexity index is 961. The third-order valence-electron chi connectivity index (χ3n) is 5.22. The molecule has 3 rings (SSSR count). The van der Waals surface area contributed by atoms with Crippen LogP contribution in [-0.4, -0.2) is 16.6 Å². The van der Waals surface area contributed by atoms with Crippen molar-refractivity contribution < 1.29 is 9.90 Å². The number of rotatable bonds is 5. The zero-order valence-corrected chi connectivity index (χ0v) is 17.5. The monoisotopic (exact) mass is 390 g/mol. The van der Waals surface area contributed by atoms with Gasteiger partial charge in [0.05, 0.1) is 5.57 Å². The first-order chi connectivity index (χ1) is 13.4. The maximum Gasteiger partial charge on any atom is 0.167 e. The molecule has 2 nitrogen and oxygen atoms in total. The van der Waals surface area contributed by atoms with Crippen molar-refractivity contribution in [3.8, 4) is 12.3 Å². The molecule has 1 atom stereocenters. The van der Waals surface area contributed by atoms with Gasteiger partial charge in [0.15, 0.2) is 5.78 Å². The number of ketones is 1. The van der Waals surface area contributed by atoms with E-state index in [0.717, 1.165) is 28.9 Å². The first-order valence-corrected chi connectivity index (χ1v) is 10.6. The fourth-order valence-corrected chi connectivity index (χ4v) is 4.87. The van der Waals surface area contributed by atoms with Gasteiger partial charge in [-0.25, -0.2) is 0 Å². The van der Waals surface area contributed by atoms with Crippen LogP contribution in [0, 0.1) is 39.0 Å². The van der Waals surface area contributed by atoms with Crippen LogP contribution in [0.25, 0.3) is 5.57 Å². The molecule has 0 radical (unpaired) electrons. The van der Waals surface area contributed by atoms with Crippen LogP contribution in [0.2, 0.25) is 0 Å². The summed E-state index contributed by atoms with van der Waals surface area (Å²) in [7, 11) is 0. The van der Waals surface area contributed by atoms with E-state index in [0.29, 0.717) is 24.0 Å². The van der Waals surface area contributed by atoms with Crippen molar-refractivity contribution in [3.63, 3.8) is 0 Å². The molecule has 2 aromatic carbocycles. The molecular weight excluding hydrogens is 364 g/mol. The van der Waals surface area contributed by atoms with Gasteiger partial charge in [-0.3, -0.25) is 4.79 Å². The molecule has 0 bridgehead atoms. The number of aryl methyl sites for hydroxylation is 3. The number of carbonyl (C=O) groups is 1. The summed E-state index contributed by atoms with van der Waals surface area (Å²) >= 11 is 1.80. The number of aliphatic hydroxyl groups excluding tert-OH is 1. The van der Waals surface area contributed by atoms with E-state index in [-0.39, 0.29) is 17.5 Å². The molecular formula is C25H26O2S. The minimum atomic E-state index is -0.00228. The Labute approximate surface area is 172 Å². The van der Waals surface area contributed by atoms with Crippen molar-refractivity contribution in [2.24, 2.45) is 5.92 Å². The fourth-order valence-electron chi connectivity index (χ4n) is 3.85. The second-order valence-corrected chi connectivity index (χ2v) is 8.79. The van der Waals surface area contributed by atoms with Gasteiger partial charge >= 0.3 is 0 Å². The van der Waals surface area contributed by atoms with Crippen LogP contribution >= 0.6 is 11.8 Å². The maximum atomic E-state index is 12.9. The van der Waals surface area contributed by atoms with Crippen molar-refractivity contribution in [1.82, 2.24) is 0 Å². The molecule has 144 valence electrons. The van der Waals surface area contributed by atoms with E-state index in [1.807, 2.05) is 26.0 Å². The summed E-state index contributed by atoms with van der Waals surface area (Å²) < 4.78 is 0. The van der Waals surface area contributed by atoms with Crippen LogP contribution < -0.4 is 0 Å². The number of allylic oxidation sites excluding steroid dienone is 2. The largest absolute Gasteiger partial charge is 0.512 e. The second-order valence-electron chi connectivity index (χ2n) is 7.62. The molecule has 0 saturated carbocycles. The van der Waals surface area contributed by atoms with Crippen LogP contribution in [0.1, 0.15) is 47.1 Å². The van der Waals surface area contributed by atoms with Crippen LogP contribution in [0.5, 0.6) is 0 Å². The Morgan fingerprint density at radius 1 is 1.11 bits per heavy atom. The molecule has 28 heavy (non-hydrogen) atoms. The number of thioether (sulfide) groups is 1. The van der Waals surface area contributed by atoms with Crippen molar-refractivity contribution >= 4 is 23.1 Å². The first-order valence-electron chi connectivity index (χ1n) is 9.62. The minimum absolute atomic E-state index is 0.00228. The molecule has 0 heterocycles. The quantitative estimate of drug-likeness (QED) is 0.501. The number of carbonyl (C=O) groups excluding carboxylic acids is 1. The molecule has 0 aliphatic heterocycles. The summed E-state index contributed by atoms with van der Waals surface area (Å²) in [5.74, 6) is 3.97. The first kappa shape index (κ1) is 20.3. The highest BCUT2D eigenvalue weighted by Gasteiger charge is 2.30. The van der Waals surface area contributed by atoms with Gasteiger partial charge in [-0.05, 0) is 68.2 Å². The number of terminal acetylenes is 1. The molecule has 1 unspecified atom stereocenters. The van der Waals surface area contributed by atoms with E-state index >= 15 is 0 Å². The van der Waals surface area contributed by atoms with Gasteiger partial charge in [0.1, 0.15) is 5.76 Å². The lowest BCUT2D eigenvalue weighted by Gasteiger charge is -2.25. The van der Waals surface area contributed by atoms with Gasteiger partial charge in [0.25, 0.3) is 0 Å². The Morgan fingerprint density at radius 2 is 1.82 bits per heavy atom. The van der Waals surface area contributed by atoms with Crippen molar-refractivity contribution in [2.75, 3.05) is 5.75 Å². The van der Waals surface area contributed by atoms with E-state index in [1.165, 1.54) is 10.5 Å². The van der Waals surface area contributed by atoms with Gasteiger partial charge in [-0.2, -0.15) is 0 Å². The summed E-state index contributed by atoms with van der Waals surface area (Å²) in [5, 5.41) is 10.7. The Balaban J connectivity index is 1.73. The zero-order chi connectivity index (χ0) is 20.3. The molecule has 0 amide bonds. The topological polar surface area (TPSA) is 37.3 Å². The molecule has 0 saturated heterocycles. The smallest absolute Gasteiger partial charge is 0.167 e. The summed E-state index contributed by atoms with van der Waals surface area (Å²) in [6.45, 7) is 6.01. The van der Waals surface area contributed by atoms with E-state index < -0.39 is 0 Å². The van der Waals surface area contributed by atoms with Crippen molar-refractivity contribution in [3.05, 3.63) is 70.0 Å². The molecule has 1 aliphatic carbocycles. The van der Waals surface area contributed by atoms with Crippen molar-refractivity contribution in [1.29, 1.82) is 0 Å². The third kappa shape index (κ3) is 4.51. The van der Waals surface area contributed by atoms with Gasteiger partial charge in [0.2, 0.25) is 0 Å². The second kappa shape index (κ2) is 8.71. The minimum Gasteiger partial charge on any atom is -0.512 e. The van der Waals surface area contributed by atoms with E-state index in [9.17, 15) is 9.90 Å². The standard InChI is InChI=1S/C25H26O2S/c1-5-20-13-17(3)12-18(4)24(20)25-22(26)14-19(15-23(25)27)10-11-28-21-8-6-16(2)7-9-21/h1,6-9,12-13,19,26H,10-11,14-15H2,2-4H3. The number of hydrogen-bond acceptors (Lipinski definition) is 3. The molecule has 0 fully saturated rings. The Hall–Kier alpha value is -2.44. The van der Waals surface area contributed by atoms with Crippen LogP contribution in [-0.2, 0) is 4.79 Å². The van der Waals surface area contributed by atoms with E-state index in [4.69, 9.17) is 6.42 Å². The molecule has 0 aromatic heterocycles. The molecule has 1 N–H and O–H groups in total. The summed E-state index contributed by atoms with van der Waals surface area (Å²) in [6, 6.07) is 12.4. The number of Topliss-reactive ketones (excluding diaryl/α,β-unsaturated/α-hetero) is 1. The molecule has 3 heteroatoms.